The summed E-state index contributed by atoms with van der Waals surface area (Å²) in [6, 6.07) is 3.54. The highest BCUT2D eigenvalue weighted by atomic mass is 32.2. The monoisotopic (exact) mass is 202 g/mol. The molecule has 0 fully saturated rings. The second kappa shape index (κ2) is 3.15. The molecule has 0 saturated carbocycles. The molecule has 13 heavy (non-hydrogen) atoms. The van der Waals surface area contributed by atoms with Gasteiger partial charge in [-0.3, -0.25) is 9.35 Å². The number of aromatic hydroxyl groups is 1. The second-order valence-electron chi connectivity index (χ2n) is 2.29. The van der Waals surface area contributed by atoms with Crippen molar-refractivity contribution in [2.75, 3.05) is 0 Å². The Morgan fingerprint density at radius 1 is 1.31 bits per heavy atom. The molecule has 5 nitrogen and oxygen atoms in total. The number of benzene rings is 1. The molecule has 0 unspecified atom stereocenters. The molecular formula is C7H6O5S. The first-order chi connectivity index (χ1) is 5.96. The van der Waals surface area contributed by atoms with Crippen molar-refractivity contribution in [1.29, 1.82) is 0 Å². The first kappa shape index (κ1) is 9.69. The number of hydrogen-bond acceptors (Lipinski definition) is 4. The van der Waals surface area contributed by atoms with Crippen LogP contribution in [0.3, 0.4) is 0 Å². The van der Waals surface area contributed by atoms with Gasteiger partial charge in [-0.15, -0.1) is 0 Å². The van der Waals surface area contributed by atoms with Gasteiger partial charge in [0.2, 0.25) is 0 Å². The number of hydrogen-bond donors (Lipinski definition) is 2. The highest BCUT2D eigenvalue weighted by Crippen LogP contribution is 2.24. The summed E-state index contributed by atoms with van der Waals surface area (Å²) in [6.07, 6.45) is 0.239. The molecule has 6 heteroatoms. The third kappa shape index (κ3) is 1.85. The predicted octanol–water partition coefficient (Wildman–Crippen LogP) is 0.451. The van der Waals surface area contributed by atoms with E-state index in [0.717, 1.165) is 6.07 Å². The molecule has 0 atom stereocenters. The number of rotatable bonds is 2. The van der Waals surface area contributed by atoms with Gasteiger partial charge < -0.3 is 5.11 Å². The van der Waals surface area contributed by atoms with Crippen LogP contribution in [0.1, 0.15) is 10.4 Å². The van der Waals surface area contributed by atoms with E-state index < -0.39 is 20.8 Å². The van der Waals surface area contributed by atoms with Crippen molar-refractivity contribution >= 4 is 16.4 Å². The van der Waals surface area contributed by atoms with Gasteiger partial charge in [-0.2, -0.15) is 8.42 Å². The highest BCUT2D eigenvalue weighted by molar-refractivity contribution is 7.86. The number of phenolic OH excluding ortho intramolecular Hbond substituents is 1. The Labute approximate surface area is 74.4 Å². The topological polar surface area (TPSA) is 91.7 Å². The molecule has 0 aromatic heterocycles. The number of carbonyl (C=O) groups is 1. The van der Waals surface area contributed by atoms with Gasteiger partial charge in [-0.1, -0.05) is 12.1 Å². The van der Waals surface area contributed by atoms with Crippen LogP contribution >= 0.6 is 0 Å². The molecule has 0 radical (unpaired) electrons. The smallest absolute Gasteiger partial charge is 0.298 e. The molecule has 1 rings (SSSR count). The fraction of sp³-hybridized carbons (Fsp3) is 0. The van der Waals surface area contributed by atoms with Crippen LogP contribution in [0.25, 0.3) is 0 Å². The Hall–Kier alpha value is -1.40. The molecule has 0 saturated heterocycles. The van der Waals surface area contributed by atoms with Gasteiger partial charge in [0.05, 0.1) is 0 Å². The van der Waals surface area contributed by atoms with Gasteiger partial charge in [0.1, 0.15) is 10.6 Å². The molecule has 1 aromatic carbocycles. The lowest BCUT2D eigenvalue weighted by molar-refractivity contribution is 0.111. The van der Waals surface area contributed by atoms with Crippen molar-refractivity contribution in [1.82, 2.24) is 0 Å². The van der Waals surface area contributed by atoms with Crippen LogP contribution in [0.5, 0.6) is 5.75 Å². The molecule has 0 amide bonds. The van der Waals surface area contributed by atoms with E-state index in [4.69, 9.17) is 9.66 Å². The summed E-state index contributed by atoms with van der Waals surface area (Å²) >= 11 is 0. The Bertz CT molecular complexity index is 434. The fourth-order valence-corrected chi connectivity index (χ4v) is 1.66. The maximum atomic E-state index is 10.7. The largest absolute Gasteiger partial charge is 0.506 e. The predicted molar refractivity (Wildman–Crippen MR) is 43.3 cm³/mol. The molecule has 0 aliphatic heterocycles. The fourth-order valence-electron chi connectivity index (χ4n) is 0.916. The SMILES string of the molecule is O=Cc1cccc(O)c1S(=O)(=O)O. The van der Waals surface area contributed by atoms with Gasteiger partial charge in [0.25, 0.3) is 10.1 Å². The lowest BCUT2D eigenvalue weighted by atomic mass is 10.2. The summed E-state index contributed by atoms with van der Waals surface area (Å²) in [7, 11) is -4.56. The zero-order chi connectivity index (χ0) is 10.1. The van der Waals surface area contributed by atoms with Gasteiger partial charge >= 0.3 is 0 Å². The van der Waals surface area contributed by atoms with E-state index in [1.54, 1.807) is 0 Å². The third-order valence-electron chi connectivity index (χ3n) is 1.41. The normalized spacial score (nSPS) is 11.2. The maximum Gasteiger partial charge on any atom is 0.298 e. The average molecular weight is 202 g/mol. The van der Waals surface area contributed by atoms with E-state index in [9.17, 15) is 13.2 Å². The summed E-state index contributed by atoms with van der Waals surface area (Å²) in [4.78, 5) is 9.58. The van der Waals surface area contributed by atoms with E-state index in [-0.39, 0.29) is 11.8 Å². The van der Waals surface area contributed by atoms with E-state index in [2.05, 4.69) is 0 Å². The zero-order valence-corrected chi connectivity index (χ0v) is 7.15. The lowest BCUT2D eigenvalue weighted by Crippen LogP contribution is -2.02. The Morgan fingerprint density at radius 3 is 2.31 bits per heavy atom. The van der Waals surface area contributed by atoms with E-state index >= 15 is 0 Å². The lowest BCUT2D eigenvalue weighted by Gasteiger charge is -2.02. The summed E-state index contributed by atoms with van der Waals surface area (Å²) < 4.78 is 30.0. The number of phenols is 1. The average Bonchev–Trinajstić information content (AvgIpc) is 2.01. The molecule has 70 valence electrons. The van der Waals surface area contributed by atoms with Gasteiger partial charge in [-0.25, -0.2) is 0 Å². The van der Waals surface area contributed by atoms with Crippen molar-refractivity contribution < 1.29 is 22.9 Å². The minimum absolute atomic E-state index is 0.239. The van der Waals surface area contributed by atoms with Crippen molar-refractivity contribution in [2.45, 2.75) is 4.90 Å². The Kier molecular flexibility index (Phi) is 2.35. The van der Waals surface area contributed by atoms with Crippen LogP contribution in [0, 0.1) is 0 Å². The summed E-state index contributed by atoms with van der Waals surface area (Å²) in [5.74, 6) is -0.646. The van der Waals surface area contributed by atoms with E-state index in [1.807, 2.05) is 0 Å². The molecule has 0 bridgehead atoms. The van der Waals surface area contributed by atoms with Crippen LogP contribution in [0.4, 0.5) is 0 Å². The third-order valence-corrected chi connectivity index (χ3v) is 2.37. The summed E-state index contributed by atoms with van der Waals surface area (Å²) in [5.41, 5.74) is -0.275. The van der Waals surface area contributed by atoms with Gasteiger partial charge in [0, 0.05) is 5.56 Å². The molecule has 0 spiro atoms. The zero-order valence-electron chi connectivity index (χ0n) is 6.34. The molecule has 0 heterocycles. The number of carbonyl (C=O) groups excluding carboxylic acids is 1. The summed E-state index contributed by atoms with van der Waals surface area (Å²) in [5, 5.41) is 9.06. The first-order valence-electron chi connectivity index (χ1n) is 3.21. The standard InChI is InChI=1S/C7H6O5S/c8-4-5-2-1-3-6(9)7(5)13(10,11)12/h1-4,9H,(H,10,11,12). The van der Waals surface area contributed by atoms with Crippen LogP contribution in [-0.4, -0.2) is 24.4 Å². The first-order valence-corrected chi connectivity index (χ1v) is 4.65. The van der Waals surface area contributed by atoms with Crippen LogP contribution in [-0.2, 0) is 10.1 Å². The number of aldehydes is 1. The van der Waals surface area contributed by atoms with Crippen LogP contribution in [0.2, 0.25) is 0 Å². The molecular weight excluding hydrogens is 196 g/mol. The maximum absolute atomic E-state index is 10.7. The Balaban J connectivity index is 3.59. The highest BCUT2D eigenvalue weighted by Gasteiger charge is 2.19. The summed E-state index contributed by atoms with van der Waals surface area (Å²) in [6.45, 7) is 0. The van der Waals surface area contributed by atoms with E-state index in [1.165, 1.54) is 12.1 Å². The molecule has 0 aliphatic carbocycles. The van der Waals surface area contributed by atoms with Crippen molar-refractivity contribution in [3.8, 4) is 5.75 Å². The van der Waals surface area contributed by atoms with Gasteiger partial charge in [-0.05, 0) is 6.07 Å². The van der Waals surface area contributed by atoms with Crippen LogP contribution < -0.4 is 0 Å². The molecule has 0 aliphatic rings. The van der Waals surface area contributed by atoms with Crippen molar-refractivity contribution in [3.63, 3.8) is 0 Å². The Morgan fingerprint density at radius 2 is 1.92 bits per heavy atom. The van der Waals surface area contributed by atoms with Crippen LogP contribution in [0.15, 0.2) is 23.1 Å². The van der Waals surface area contributed by atoms with E-state index in [0.29, 0.717) is 0 Å². The minimum atomic E-state index is -4.56. The molecule has 1 aromatic rings. The quantitative estimate of drug-likeness (QED) is 0.536. The second-order valence-corrected chi connectivity index (χ2v) is 3.65. The minimum Gasteiger partial charge on any atom is -0.506 e. The van der Waals surface area contributed by atoms with Gasteiger partial charge in [0.15, 0.2) is 6.29 Å². The van der Waals surface area contributed by atoms with Crippen molar-refractivity contribution in [3.05, 3.63) is 23.8 Å². The van der Waals surface area contributed by atoms with Crippen molar-refractivity contribution in [2.24, 2.45) is 0 Å². The molecule has 2 N–H and O–H groups in total.